The lowest BCUT2D eigenvalue weighted by atomic mass is 9.85. The largest absolute Gasteiger partial charge is 0.505 e. The van der Waals surface area contributed by atoms with Crippen molar-refractivity contribution in [3.63, 3.8) is 0 Å². The normalized spacial score (nSPS) is 13.5. The minimum absolute atomic E-state index is 0.112. The highest BCUT2D eigenvalue weighted by molar-refractivity contribution is 6.11. The number of phenolic OH excluding ortho intramolecular Hbond substituents is 2. The third-order valence-electron chi connectivity index (χ3n) is 16.1. The van der Waals surface area contributed by atoms with E-state index in [9.17, 15) is 10.2 Å². The Kier molecular flexibility index (Phi) is 14.4. The van der Waals surface area contributed by atoms with Crippen LogP contribution in [0.3, 0.4) is 0 Å². The molecule has 10 rings (SSSR count). The Morgan fingerprint density at radius 3 is 0.940 bits per heavy atom. The quantitative estimate of drug-likeness (QED) is 0.106. The van der Waals surface area contributed by atoms with Gasteiger partial charge in [0.1, 0.15) is 23.0 Å². The van der Waals surface area contributed by atoms with E-state index in [1.165, 1.54) is 12.1 Å². The van der Waals surface area contributed by atoms with Crippen LogP contribution >= 0.6 is 0 Å². The fourth-order valence-corrected chi connectivity index (χ4v) is 11.5. The first-order valence-corrected chi connectivity index (χ1v) is 28.2. The lowest BCUT2D eigenvalue weighted by Crippen LogP contribution is -2.24. The molecule has 10 aromatic rings. The number of phenols is 2. The van der Waals surface area contributed by atoms with Crippen LogP contribution in [-0.4, -0.2) is 31.6 Å². The average molecular weight is 1130 g/mol. The molecule has 0 spiro atoms. The van der Waals surface area contributed by atoms with Gasteiger partial charge in [-0.15, -0.1) is 0 Å². The summed E-state index contributed by atoms with van der Waals surface area (Å²) in [5.74, 6) is -11.6. The molecule has 8 aromatic carbocycles. The molecular weight excluding hydrogens is 1060 g/mol. The molecule has 2 N–H and O–H groups in total. The molecule has 2 heterocycles. The third kappa shape index (κ3) is 10.5. The smallest absolute Gasteiger partial charge is 0.195 e. The molecular formula is C71H72F6N2O4. The van der Waals surface area contributed by atoms with E-state index in [0.717, 1.165) is 65.9 Å². The van der Waals surface area contributed by atoms with E-state index >= 15 is 26.3 Å². The Labute approximate surface area is 481 Å². The number of ether oxygens (including phenoxy) is 2. The summed E-state index contributed by atoms with van der Waals surface area (Å²) < 4.78 is 112. The van der Waals surface area contributed by atoms with Gasteiger partial charge in [-0.25, -0.2) is 26.3 Å². The van der Waals surface area contributed by atoms with Gasteiger partial charge in [-0.2, -0.15) is 0 Å². The van der Waals surface area contributed by atoms with E-state index in [0.29, 0.717) is 23.3 Å². The van der Waals surface area contributed by atoms with Gasteiger partial charge in [0.05, 0.1) is 56.8 Å². The molecule has 12 heteroatoms. The van der Waals surface area contributed by atoms with Crippen molar-refractivity contribution in [3.8, 4) is 56.6 Å². The maximum absolute atomic E-state index is 16.6. The molecule has 0 fully saturated rings. The first-order valence-electron chi connectivity index (χ1n) is 28.2. The minimum atomic E-state index is -1.78. The Hall–Kier alpha value is -7.86. The van der Waals surface area contributed by atoms with Crippen LogP contribution in [0.2, 0.25) is 0 Å². The zero-order chi connectivity index (χ0) is 60.5. The molecule has 0 radical (unpaired) electrons. The Balaban J connectivity index is 1.02. The number of hydrogen-bond acceptors (Lipinski definition) is 4. The Morgan fingerprint density at radius 1 is 0.398 bits per heavy atom. The molecule has 2 atom stereocenters. The molecule has 0 unspecified atom stereocenters. The average Bonchev–Trinajstić information content (AvgIpc) is 3.96. The number of rotatable bonds is 10. The molecule has 432 valence electrons. The van der Waals surface area contributed by atoms with Gasteiger partial charge >= 0.3 is 0 Å². The summed E-state index contributed by atoms with van der Waals surface area (Å²) in [6.07, 6.45) is -2.12. The van der Waals surface area contributed by atoms with Crippen LogP contribution in [0.15, 0.2) is 109 Å². The summed E-state index contributed by atoms with van der Waals surface area (Å²) in [5, 5.41) is 28.6. The van der Waals surface area contributed by atoms with Crippen LogP contribution in [0, 0.1) is 48.8 Å². The highest BCUT2D eigenvalue weighted by Gasteiger charge is 2.32. The Bertz CT molecular complexity index is 3860. The van der Waals surface area contributed by atoms with Gasteiger partial charge in [0.15, 0.2) is 34.9 Å². The molecule has 0 saturated carbocycles. The molecule has 2 aromatic heterocycles. The minimum Gasteiger partial charge on any atom is -0.505 e. The number of aromatic hydroxyl groups is 2. The molecule has 0 aliphatic rings. The summed E-state index contributed by atoms with van der Waals surface area (Å²) in [7, 11) is 0. The number of halogens is 6. The maximum atomic E-state index is 16.6. The topological polar surface area (TPSA) is 68.8 Å². The fourth-order valence-electron chi connectivity index (χ4n) is 11.5. The Morgan fingerprint density at radius 2 is 0.675 bits per heavy atom. The van der Waals surface area contributed by atoms with E-state index in [1.807, 2.05) is 57.7 Å². The van der Waals surface area contributed by atoms with Crippen LogP contribution in [0.5, 0.6) is 23.0 Å². The van der Waals surface area contributed by atoms with Crippen molar-refractivity contribution in [1.82, 2.24) is 9.13 Å². The molecule has 0 aliphatic carbocycles. The summed E-state index contributed by atoms with van der Waals surface area (Å²) >= 11 is 0. The highest BCUT2D eigenvalue weighted by Crippen LogP contribution is 2.49. The molecule has 6 nitrogen and oxygen atoms in total. The maximum Gasteiger partial charge on any atom is 0.195 e. The van der Waals surface area contributed by atoms with E-state index in [2.05, 4.69) is 107 Å². The van der Waals surface area contributed by atoms with Gasteiger partial charge in [-0.05, 0) is 156 Å². The van der Waals surface area contributed by atoms with Crippen LogP contribution in [0.25, 0.3) is 77.2 Å². The SMILES string of the molecule is Cc1cc(-c2c(O[C@H](C)C[C@H](C)Oc3cc(F)c(F)c(F)c3-c3cc(C)cc(-n4c5ccc(C(C)(C)C)cc5c5cc(C(C)(C)C)ccc54)c3O)cc(F)c(F)c2F)c(O)c(-n2c3ccc(C(C)(C)C)cc3c3cc(C(C)(C)C)ccc32)c1. The van der Waals surface area contributed by atoms with Gasteiger partial charge < -0.3 is 28.8 Å². The van der Waals surface area contributed by atoms with Crippen molar-refractivity contribution < 1.29 is 46.0 Å². The highest BCUT2D eigenvalue weighted by atomic mass is 19.2. The summed E-state index contributed by atoms with van der Waals surface area (Å²) in [6, 6.07) is 32.5. The molecule has 0 amide bonds. The van der Waals surface area contributed by atoms with Crippen LogP contribution in [-0.2, 0) is 21.7 Å². The third-order valence-corrected chi connectivity index (χ3v) is 16.1. The lowest BCUT2D eigenvalue weighted by Gasteiger charge is -2.24. The fraction of sp³-hybridized carbons (Fsp3) is 0.324. The van der Waals surface area contributed by atoms with Gasteiger partial charge in [0.25, 0.3) is 0 Å². The molecule has 0 bridgehead atoms. The summed E-state index contributed by atoms with van der Waals surface area (Å²) in [4.78, 5) is 0. The lowest BCUT2D eigenvalue weighted by molar-refractivity contribution is 0.130. The van der Waals surface area contributed by atoms with E-state index in [1.54, 1.807) is 39.8 Å². The van der Waals surface area contributed by atoms with Crippen molar-refractivity contribution in [3.05, 3.63) is 177 Å². The number of aromatic nitrogens is 2. The zero-order valence-corrected chi connectivity index (χ0v) is 50.1. The molecule has 0 saturated heterocycles. The second kappa shape index (κ2) is 20.5. The van der Waals surface area contributed by atoms with Crippen molar-refractivity contribution in [2.75, 3.05) is 0 Å². The number of nitrogens with zero attached hydrogens (tertiary/aromatic N) is 2. The summed E-state index contributed by atoms with van der Waals surface area (Å²) in [6.45, 7) is 32.2. The van der Waals surface area contributed by atoms with Crippen LogP contribution < -0.4 is 9.47 Å². The molecule has 0 aliphatic heterocycles. The number of fused-ring (bicyclic) bond motifs is 6. The van der Waals surface area contributed by atoms with E-state index in [-0.39, 0.29) is 50.6 Å². The first-order chi connectivity index (χ1) is 38.6. The van der Waals surface area contributed by atoms with Crippen molar-refractivity contribution >= 4 is 43.6 Å². The van der Waals surface area contributed by atoms with Crippen molar-refractivity contribution in [1.29, 1.82) is 0 Å². The van der Waals surface area contributed by atoms with E-state index in [4.69, 9.17) is 9.47 Å². The van der Waals surface area contributed by atoms with Gasteiger partial charge in [-0.3, -0.25) is 0 Å². The number of hydrogen-bond donors (Lipinski definition) is 2. The summed E-state index contributed by atoms with van der Waals surface area (Å²) in [5.41, 5.74) is 6.87. The second-order valence-corrected chi connectivity index (χ2v) is 26.8. The second-order valence-electron chi connectivity index (χ2n) is 26.8. The first kappa shape index (κ1) is 58.3. The van der Waals surface area contributed by atoms with Crippen LogP contribution in [0.4, 0.5) is 26.3 Å². The molecule has 83 heavy (non-hydrogen) atoms. The van der Waals surface area contributed by atoms with Crippen molar-refractivity contribution in [2.24, 2.45) is 0 Å². The monoisotopic (exact) mass is 1130 g/mol. The van der Waals surface area contributed by atoms with Crippen molar-refractivity contribution in [2.45, 2.75) is 151 Å². The predicted octanol–water partition coefficient (Wildman–Crippen LogP) is 19.9. The number of benzene rings is 8. The predicted molar refractivity (Wildman–Crippen MR) is 325 cm³/mol. The van der Waals surface area contributed by atoms with Gasteiger partial charge in [-0.1, -0.05) is 107 Å². The van der Waals surface area contributed by atoms with Gasteiger partial charge in [0, 0.05) is 51.2 Å². The standard InChI is InChI=1S/C71H72F6N2O4/c1-36-25-48(66(80)56(27-36)78-52-21-17-40(68(5,6)7)30-44(52)45-31-41(69(8,9)10)18-22-53(45)78)60-58(34-50(72)62(74)64(60)76)82-38(3)29-39(4)83-59-35-51(73)63(75)65(77)61(59)49-26-37(2)28-57(67(49)81)79-54-23-19-42(70(11,12)13)32-46(54)47-33-43(71(14,15)16)20-24-55(47)79/h17-28,30-35,38-39,80-81H,29H2,1-16H3/t38-,39+. The van der Waals surface area contributed by atoms with Gasteiger partial charge in [0.2, 0.25) is 0 Å². The zero-order valence-electron chi connectivity index (χ0n) is 50.1. The number of aryl methyl sites for hydroxylation is 2. The van der Waals surface area contributed by atoms with Crippen LogP contribution in [0.1, 0.15) is 137 Å². The van der Waals surface area contributed by atoms with E-state index < -0.39 is 81.2 Å².